The molecule has 0 amide bonds. The summed E-state index contributed by atoms with van der Waals surface area (Å²) >= 11 is 4.92. The second-order valence-corrected chi connectivity index (χ2v) is 7.71. The van der Waals surface area contributed by atoms with E-state index in [9.17, 15) is 8.42 Å². The maximum absolute atomic E-state index is 12.7. The third kappa shape index (κ3) is 3.79. The lowest BCUT2D eigenvalue weighted by atomic mass is 9.94. The SMILES string of the molecule is Cc1ccc(C(N)=S)cc1S(=O)(=O)NC1(C)CCOCC1. The highest BCUT2D eigenvalue weighted by molar-refractivity contribution is 7.89. The summed E-state index contributed by atoms with van der Waals surface area (Å²) in [4.78, 5) is 0.407. The van der Waals surface area contributed by atoms with E-state index in [0.717, 1.165) is 0 Å². The summed E-state index contributed by atoms with van der Waals surface area (Å²) in [5, 5.41) is 0. The highest BCUT2D eigenvalue weighted by atomic mass is 32.2. The predicted octanol–water partition coefficient (Wildman–Crippen LogP) is 1.48. The minimum atomic E-state index is -3.63. The Bertz CT molecular complexity index is 650. The first-order valence-electron chi connectivity index (χ1n) is 6.76. The predicted molar refractivity (Wildman–Crippen MR) is 85.8 cm³/mol. The van der Waals surface area contributed by atoms with Crippen LogP contribution < -0.4 is 10.5 Å². The number of nitrogens with one attached hydrogen (secondary N) is 1. The number of thiocarbonyl (C=S) groups is 1. The van der Waals surface area contributed by atoms with Crippen molar-refractivity contribution in [2.45, 2.75) is 37.1 Å². The van der Waals surface area contributed by atoms with Crippen LogP contribution in [-0.2, 0) is 14.8 Å². The van der Waals surface area contributed by atoms with Crippen molar-refractivity contribution in [3.63, 3.8) is 0 Å². The van der Waals surface area contributed by atoms with Crippen molar-refractivity contribution in [3.8, 4) is 0 Å². The molecule has 1 saturated heterocycles. The topological polar surface area (TPSA) is 81.4 Å². The van der Waals surface area contributed by atoms with Gasteiger partial charge in [0, 0.05) is 24.3 Å². The van der Waals surface area contributed by atoms with E-state index in [-0.39, 0.29) is 9.88 Å². The summed E-state index contributed by atoms with van der Waals surface area (Å²) < 4.78 is 33.4. The van der Waals surface area contributed by atoms with Gasteiger partial charge in [0.25, 0.3) is 0 Å². The first-order valence-corrected chi connectivity index (χ1v) is 8.65. The van der Waals surface area contributed by atoms with Gasteiger partial charge in [-0.2, -0.15) is 0 Å². The van der Waals surface area contributed by atoms with Crippen LogP contribution in [0, 0.1) is 6.92 Å². The average molecular weight is 328 g/mol. The van der Waals surface area contributed by atoms with E-state index >= 15 is 0 Å². The first-order chi connectivity index (χ1) is 9.73. The molecule has 1 aliphatic rings. The van der Waals surface area contributed by atoms with Crippen molar-refractivity contribution in [3.05, 3.63) is 29.3 Å². The molecule has 116 valence electrons. The smallest absolute Gasteiger partial charge is 0.241 e. The molecular formula is C14H20N2O3S2. The van der Waals surface area contributed by atoms with E-state index in [1.165, 1.54) is 6.07 Å². The summed E-state index contributed by atoms with van der Waals surface area (Å²) in [6, 6.07) is 4.98. The Balaban J connectivity index is 2.35. The molecule has 1 aromatic carbocycles. The van der Waals surface area contributed by atoms with Crippen LogP contribution in [0.2, 0.25) is 0 Å². The minimum Gasteiger partial charge on any atom is -0.389 e. The summed E-state index contributed by atoms with van der Waals surface area (Å²) in [5.41, 5.74) is 6.32. The van der Waals surface area contributed by atoms with E-state index in [1.54, 1.807) is 19.1 Å². The molecule has 1 aliphatic heterocycles. The van der Waals surface area contributed by atoms with Gasteiger partial charge in [-0.15, -0.1) is 0 Å². The van der Waals surface area contributed by atoms with Gasteiger partial charge in [-0.25, -0.2) is 13.1 Å². The maximum atomic E-state index is 12.7. The average Bonchev–Trinajstić information content (AvgIpc) is 2.38. The molecule has 0 saturated carbocycles. The van der Waals surface area contributed by atoms with Crippen molar-refractivity contribution >= 4 is 27.2 Å². The van der Waals surface area contributed by atoms with Gasteiger partial charge in [0.2, 0.25) is 10.0 Å². The largest absolute Gasteiger partial charge is 0.389 e. The van der Waals surface area contributed by atoms with Crippen LogP contribution in [0.5, 0.6) is 0 Å². The fourth-order valence-corrected chi connectivity index (χ4v) is 4.21. The molecule has 0 unspecified atom stereocenters. The molecular weight excluding hydrogens is 308 g/mol. The standard InChI is InChI=1S/C14H20N2O3S2/c1-10-3-4-11(13(15)20)9-12(10)21(17,18)16-14(2)5-7-19-8-6-14/h3-4,9,16H,5-8H2,1-2H3,(H2,15,20). The number of hydrogen-bond donors (Lipinski definition) is 2. The molecule has 1 fully saturated rings. The number of ether oxygens (including phenoxy) is 1. The third-order valence-corrected chi connectivity index (χ3v) is 5.76. The Hall–Kier alpha value is -1.02. The number of rotatable bonds is 4. The quantitative estimate of drug-likeness (QED) is 0.818. The van der Waals surface area contributed by atoms with Crippen molar-refractivity contribution in [1.82, 2.24) is 4.72 Å². The molecule has 0 aromatic heterocycles. The monoisotopic (exact) mass is 328 g/mol. The molecule has 7 heteroatoms. The molecule has 21 heavy (non-hydrogen) atoms. The van der Waals surface area contributed by atoms with E-state index < -0.39 is 15.6 Å². The highest BCUT2D eigenvalue weighted by Crippen LogP contribution is 2.24. The van der Waals surface area contributed by atoms with Crippen LogP contribution in [0.15, 0.2) is 23.1 Å². The van der Waals surface area contributed by atoms with Crippen LogP contribution >= 0.6 is 12.2 Å². The van der Waals surface area contributed by atoms with Gasteiger partial charge in [-0.1, -0.05) is 24.4 Å². The van der Waals surface area contributed by atoms with Crippen molar-refractivity contribution < 1.29 is 13.2 Å². The third-order valence-electron chi connectivity index (χ3n) is 3.74. The van der Waals surface area contributed by atoms with Crippen molar-refractivity contribution in [2.24, 2.45) is 5.73 Å². The maximum Gasteiger partial charge on any atom is 0.241 e. The van der Waals surface area contributed by atoms with Gasteiger partial charge in [-0.05, 0) is 38.3 Å². The first kappa shape index (κ1) is 16.4. The molecule has 1 aromatic rings. The lowest BCUT2D eigenvalue weighted by Crippen LogP contribution is -2.49. The van der Waals surface area contributed by atoms with E-state index in [1.807, 2.05) is 6.92 Å². The zero-order valence-corrected chi connectivity index (χ0v) is 13.8. The number of aryl methyl sites for hydroxylation is 1. The lowest BCUT2D eigenvalue weighted by Gasteiger charge is -2.34. The Labute approximate surface area is 130 Å². The Kier molecular flexibility index (Phi) is 4.67. The molecule has 0 aliphatic carbocycles. The highest BCUT2D eigenvalue weighted by Gasteiger charge is 2.33. The normalized spacial score (nSPS) is 18.4. The van der Waals surface area contributed by atoms with E-state index in [4.69, 9.17) is 22.7 Å². The molecule has 0 spiro atoms. The number of hydrogen-bond acceptors (Lipinski definition) is 4. The lowest BCUT2D eigenvalue weighted by molar-refractivity contribution is 0.0537. The number of nitrogens with two attached hydrogens (primary N) is 1. The Morgan fingerprint density at radius 3 is 2.57 bits per heavy atom. The molecule has 2 rings (SSSR count). The fourth-order valence-electron chi connectivity index (χ4n) is 2.35. The van der Waals surface area contributed by atoms with Gasteiger partial charge in [0.1, 0.15) is 4.99 Å². The van der Waals surface area contributed by atoms with Gasteiger partial charge < -0.3 is 10.5 Å². The fraction of sp³-hybridized carbons (Fsp3) is 0.500. The van der Waals surface area contributed by atoms with Crippen molar-refractivity contribution in [2.75, 3.05) is 13.2 Å². The molecule has 5 nitrogen and oxygen atoms in total. The van der Waals surface area contributed by atoms with E-state index in [0.29, 0.717) is 37.2 Å². The van der Waals surface area contributed by atoms with Crippen LogP contribution in [0.3, 0.4) is 0 Å². The molecule has 0 radical (unpaired) electrons. The van der Waals surface area contributed by atoms with Crippen LogP contribution in [-0.4, -0.2) is 32.2 Å². The second-order valence-electron chi connectivity index (χ2n) is 5.62. The Morgan fingerprint density at radius 2 is 2.00 bits per heavy atom. The van der Waals surface area contributed by atoms with Gasteiger partial charge in [-0.3, -0.25) is 0 Å². The number of benzene rings is 1. The Morgan fingerprint density at radius 1 is 1.38 bits per heavy atom. The van der Waals surface area contributed by atoms with Gasteiger partial charge in [0.05, 0.1) is 4.90 Å². The summed E-state index contributed by atoms with van der Waals surface area (Å²) in [6.45, 7) is 4.78. The van der Waals surface area contributed by atoms with Crippen molar-refractivity contribution in [1.29, 1.82) is 0 Å². The van der Waals surface area contributed by atoms with Gasteiger partial charge in [0.15, 0.2) is 0 Å². The van der Waals surface area contributed by atoms with E-state index in [2.05, 4.69) is 4.72 Å². The molecule has 1 heterocycles. The molecule has 3 N–H and O–H groups in total. The van der Waals surface area contributed by atoms with Gasteiger partial charge >= 0.3 is 0 Å². The van der Waals surface area contributed by atoms with Crippen LogP contribution in [0.1, 0.15) is 30.9 Å². The van der Waals surface area contributed by atoms with Crippen LogP contribution in [0.25, 0.3) is 0 Å². The molecule has 0 atom stereocenters. The van der Waals surface area contributed by atoms with Crippen LogP contribution in [0.4, 0.5) is 0 Å². The minimum absolute atomic E-state index is 0.184. The number of sulfonamides is 1. The summed E-state index contributed by atoms with van der Waals surface area (Å²) in [5.74, 6) is 0. The second kappa shape index (κ2) is 6.00. The zero-order chi connectivity index (χ0) is 15.7. The zero-order valence-electron chi connectivity index (χ0n) is 12.2. The summed E-state index contributed by atoms with van der Waals surface area (Å²) in [7, 11) is -3.63. The molecule has 0 bridgehead atoms. The summed E-state index contributed by atoms with van der Waals surface area (Å²) in [6.07, 6.45) is 1.31.